The zero-order valence-corrected chi connectivity index (χ0v) is 84.4. The Morgan fingerprint density at radius 3 is 0.651 bits per heavy atom. The summed E-state index contributed by atoms with van der Waals surface area (Å²) in [5.41, 5.74) is 0. The molecule has 5 unspecified atom stereocenters. The lowest BCUT2D eigenvalue weighted by atomic mass is 10.0. The number of ether oxygens (including phenoxy) is 3. The summed E-state index contributed by atoms with van der Waals surface area (Å²) >= 11 is 0. The largest absolute Gasteiger partial charge is 0.472 e. The average Bonchev–Trinajstić information content (AvgIpc) is 0.898. The summed E-state index contributed by atoms with van der Waals surface area (Å²) in [5, 5.41) is 20.8. The second-order valence-electron chi connectivity index (χ2n) is 35.3. The van der Waals surface area contributed by atoms with Gasteiger partial charge in [-0.3, -0.25) is 32.5 Å². The fraction of sp³-hybridized carbons (Fsp3) is 0.739. The Labute approximate surface area is 790 Å². The predicted octanol–water partition coefficient (Wildman–Crippen LogP) is 33.6. The number of unbranched alkanes of at least 4 members (excludes halogenated alkanes) is 51. The molecule has 0 saturated carbocycles. The van der Waals surface area contributed by atoms with Crippen LogP contribution in [-0.2, 0) is 55.8 Å². The van der Waals surface area contributed by atoms with Crippen LogP contribution in [-0.4, -0.2) is 95.9 Å². The molecule has 0 bridgehead atoms. The van der Waals surface area contributed by atoms with Crippen molar-refractivity contribution in [3.63, 3.8) is 0 Å². The normalized spacial score (nSPS) is 14.3. The Bertz CT molecular complexity index is 2980. The minimum atomic E-state index is -4.95. The van der Waals surface area contributed by atoms with Crippen LogP contribution in [0.4, 0.5) is 0 Å². The highest BCUT2D eigenvalue weighted by Gasteiger charge is 2.30. The van der Waals surface area contributed by atoms with Crippen LogP contribution in [0.3, 0.4) is 0 Å². The SMILES string of the molecule is CC/C=C\C/C=C\C/C=C\C/C=C\C/C=C\CCCCCCCCCCCCCCCCCC(=O)OCC(COP(=O)(O)OCC(O)COP(=O)(O)OCC(O)COC(=O)CCCCCCCCCCCCCCCCCCCCC/C=C\C/C=C\C/C=C\C/C=C\CCCCC)OC(=O)CCCCCCCCCCCCC/C=C\C/C=C\C/C=C\C/C=C\CCCCC. The van der Waals surface area contributed by atoms with Crippen molar-refractivity contribution in [3.05, 3.63) is 158 Å². The van der Waals surface area contributed by atoms with Crippen LogP contribution >= 0.6 is 15.6 Å². The van der Waals surface area contributed by atoms with Crippen molar-refractivity contribution in [1.29, 1.82) is 0 Å². The van der Waals surface area contributed by atoms with Gasteiger partial charge >= 0.3 is 33.6 Å². The summed E-state index contributed by atoms with van der Waals surface area (Å²) in [6, 6.07) is 0. The summed E-state index contributed by atoms with van der Waals surface area (Å²) < 4.78 is 61.8. The van der Waals surface area contributed by atoms with Crippen LogP contribution in [0.25, 0.3) is 0 Å². The number of esters is 3. The van der Waals surface area contributed by atoms with Crippen LogP contribution < -0.4 is 0 Å². The van der Waals surface area contributed by atoms with Gasteiger partial charge < -0.3 is 34.2 Å². The molecule has 0 heterocycles. The number of aliphatic hydroxyl groups is 2. The highest BCUT2D eigenvalue weighted by molar-refractivity contribution is 7.47. The molecule has 0 amide bonds. The number of hydrogen-bond donors (Lipinski definition) is 4. The molecule has 0 radical (unpaired) electrons. The maximum Gasteiger partial charge on any atom is 0.472 e. The molecule has 0 rings (SSSR count). The van der Waals surface area contributed by atoms with E-state index in [1.54, 1.807) is 0 Å². The van der Waals surface area contributed by atoms with E-state index in [1.165, 1.54) is 270 Å². The van der Waals surface area contributed by atoms with Gasteiger partial charge in [0.1, 0.15) is 25.4 Å². The monoisotopic (exact) mass is 1850 g/mol. The van der Waals surface area contributed by atoms with Gasteiger partial charge in [0.05, 0.1) is 26.4 Å². The van der Waals surface area contributed by atoms with E-state index in [0.29, 0.717) is 19.3 Å². The van der Waals surface area contributed by atoms with E-state index in [-0.39, 0.29) is 19.3 Å². The molecule has 18 heteroatoms. The maximum atomic E-state index is 13.1. The third-order valence-electron chi connectivity index (χ3n) is 22.7. The van der Waals surface area contributed by atoms with Crippen molar-refractivity contribution in [1.82, 2.24) is 0 Å². The fourth-order valence-electron chi connectivity index (χ4n) is 14.7. The number of allylic oxidation sites excluding steroid dienone is 26. The van der Waals surface area contributed by atoms with Crippen molar-refractivity contribution in [2.24, 2.45) is 0 Å². The van der Waals surface area contributed by atoms with Crippen LogP contribution in [0.2, 0.25) is 0 Å². The Kier molecular flexibility index (Phi) is 98.3. The van der Waals surface area contributed by atoms with E-state index < -0.39 is 91.5 Å². The van der Waals surface area contributed by atoms with Gasteiger partial charge in [0, 0.05) is 19.3 Å². The number of rotatable bonds is 100. The molecule has 0 aromatic heterocycles. The van der Waals surface area contributed by atoms with E-state index in [4.69, 9.17) is 32.3 Å². The molecule has 5 atom stereocenters. The summed E-state index contributed by atoms with van der Waals surface area (Å²) in [7, 11) is -9.82. The highest BCUT2D eigenvalue weighted by Crippen LogP contribution is 2.45. The van der Waals surface area contributed by atoms with Gasteiger partial charge in [0.25, 0.3) is 0 Å². The van der Waals surface area contributed by atoms with E-state index in [9.17, 15) is 43.5 Å². The third-order valence-corrected chi connectivity index (χ3v) is 24.6. The second-order valence-corrected chi connectivity index (χ2v) is 38.2. The first-order valence-electron chi connectivity index (χ1n) is 52.8. The second kappa shape index (κ2) is 102. The highest BCUT2D eigenvalue weighted by atomic mass is 31.2. The maximum absolute atomic E-state index is 13.1. The lowest BCUT2D eigenvalue weighted by Gasteiger charge is -2.21. The van der Waals surface area contributed by atoms with Gasteiger partial charge in [-0.15, -0.1) is 0 Å². The van der Waals surface area contributed by atoms with Crippen molar-refractivity contribution in [2.75, 3.05) is 39.6 Å². The average molecular weight is 1850 g/mol. The zero-order valence-electron chi connectivity index (χ0n) is 82.6. The molecule has 0 fully saturated rings. The Morgan fingerprint density at radius 2 is 0.411 bits per heavy atom. The molecule has 0 aliphatic heterocycles. The summed E-state index contributed by atoms with van der Waals surface area (Å²) in [6.45, 7) is 2.60. The first kappa shape index (κ1) is 124. The number of carbonyl (C=O) groups is 3. The molecule has 4 N–H and O–H groups in total. The molecule has 0 spiro atoms. The van der Waals surface area contributed by atoms with Crippen molar-refractivity contribution in [3.8, 4) is 0 Å². The summed E-state index contributed by atoms with van der Waals surface area (Å²) in [5.74, 6) is -1.56. The molecule has 0 aliphatic carbocycles. The number of phosphoric acid groups is 2. The molecule has 0 saturated heterocycles. The van der Waals surface area contributed by atoms with E-state index >= 15 is 0 Å². The lowest BCUT2D eigenvalue weighted by molar-refractivity contribution is -0.161. The van der Waals surface area contributed by atoms with Crippen LogP contribution in [0.5, 0.6) is 0 Å². The number of carbonyl (C=O) groups excluding carboxylic acids is 3. The lowest BCUT2D eigenvalue weighted by Crippen LogP contribution is -2.30. The van der Waals surface area contributed by atoms with Gasteiger partial charge in [0.2, 0.25) is 0 Å². The van der Waals surface area contributed by atoms with Gasteiger partial charge in [-0.1, -0.05) is 455 Å². The van der Waals surface area contributed by atoms with E-state index in [1.807, 2.05) is 0 Å². The predicted molar refractivity (Wildman–Crippen MR) is 546 cm³/mol. The standard InChI is InChI=1S/C111H194O16P2/c1-4-7-10-13-16-19-22-25-28-31-34-37-40-43-46-48-50-51-52-53-55-57-59-61-64-67-70-73-76-79-82-85-88-91-94-97-109(114)121-100-106(112)101-123-128(117,118)124-102-107(113)103-125-129(119,120)126-105-108(127-111(116)99-96-93-90-87-84-81-78-75-72-69-66-63-58-45-42-39-36-33-30-27-24-21-18-15-12-9-6-3)104-122-110(115)98-95-92-89-86-83-80-77-74-71-68-65-62-60-56-54-49-47-44-41-38-35-32-29-26-23-20-17-14-11-8-5-2/h8,11,16-21,25-30,34-39,43-47,58,106-108,112-113H,4-7,9-10,12-15,22-24,31-33,40-42,48-57,59-105H2,1-3H3,(H,117,118)(H,119,120)/b11-8-,19-16-,20-17-,21-18-,28-25-,29-26-,30-27-,37-34-,38-35-,39-36-,46-43-,47-44-,58-45-. The molecular formula is C111H194O16P2. The van der Waals surface area contributed by atoms with Gasteiger partial charge in [-0.2, -0.15) is 0 Å². The van der Waals surface area contributed by atoms with Crippen molar-refractivity contribution in [2.45, 2.75) is 489 Å². The number of phosphoric ester groups is 2. The van der Waals surface area contributed by atoms with Gasteiger partial charge in [0.15, 0.2) is 6.10 Å². The summed E-state index contributed by atoms with van der Waals surface area (Å²) in [6.07, 6.45) is 133. The Morgan fingerprint density at radius 1 is 0.225 bits per heavy atom. The van der Waals surface area contributed by atoms with Crippen LogP contribution in [0.1, 0.15) is 470 Å². The number of hydrogen-bond acceptors (Lipinski definition) is 14. The van der Waals surface area contributed by atoms with Gasteiger partial charge in [-0.25, -0.2) is 9.13 Å². The Balaban J connectivity index is 4.57. The molecule has 0 aliphatic rings. The smallest absolute Gasteiger partial charge is 0.463 e. The minimum absolute atomic E-state index is 0.0992. The zero-order chi connectivity index (χ0) is 93.5. The first-order chi connectivity index (χ1) is 63.2. The number of aliphatic hydroxyl groups excluding tert-OH is 2. The molecule has 0 aromatic carbocycles. The molecule has 744 valence electrons. The topological polar surface area (TPSA) is 231 Å². The van der Waals surface area contributed by atoms with Crippen LogP contribution in [0.15, 0.2) is 158 Å². The summed E-state index contributed by atoms with van der Waals surface area (Å²) in [4.78, 5) is 59.3. The van der Waals surface area contributed by atoms with E-state index in [2.05, 4.69) is 179 Å². The molecule has 129 heavy (non-hydrogen) atoms. The fourth-order valence-corrected chi connectivity index (χ4v) is 16.3. The molecule has 16 nitrogen and oxygen atoms in total. The van der Waals surface area contributed by atoms with E-state index in [0.717, 1.165) is 141 Å². The molecular weight excluding hydrogens is 1650 g/mol. The minimum Gasteiger partial charge on any atom is -0.463 e. The molecule has 0 aromatic rings. The quantitative estimate of drug-likeness (QED) is 0.0146. The van der Waals surface area contributed by atoms with Crippen molar-refractivity contribution >= 4 is 33.6 Å². The van der Waals surface area contributed by atoms with Crippen molar-refractivity contribution < 1.29 is 75.8 Å². The third kappa shape index (κ3) is 104. The Hall–Kier alpha value is -4.83. The van der Waals surface area contributed by atoms with Crippen LogP contribution in [0, 0.1) is 0 Å². The van der Waals surface area contributed by atoms with Gasteiger partial charge in [-0.05, 0) is 154 Å². The first-order valence-corrected chi connectivity index (χ1v) is 55.8.